The van der Waals surface area contributed by atoms with Gasteiger partial charge in [-0.25, -0.2) is 0 Å². The zero-order chi connectivity index (χ0) is 22.7. The highest BCUT2D eigenvalue weighted by molar-refractivity contribution is 7.99. The largest absolute Gasteiger partial charge is 0.308 e. The maximum absolute atomic E-state index is 13.2. The van der Waals surface area contributed by atoms with Gasteiger partial charge in [0.15, 0.2) is 11.0 Å². The molecule has 2 aromatic carbocycles. The molecule has 3 aromatic rings. The molecule has 0 spiro atoms. The summed E-state index contributed by atoms with van der Waals surface area (Å²) in [4.78, 5) is 17.3. The first-order valence-corrected chi connectivity index (χ1v) is 12.1. The zero-order valence-electron chi connectivity index (χ0n) is 19.2. The molecule has 7 heteroatoms. The van der Waals surface area contributed by atoms with Gasteiger partial charge in [-0.05, 0) is 51.1 Å². The number of hydrogen-bond donors (Lipinski definition) is 0. The number of benzene rings is 2. The lowest BCUT2D eigenvalue weighted by molar-refractivity contribution is -0.116. The van der Waals surface area contributed by atoms with Crippen LogP contribution in [-0.2, 0) is 17.8 Å². The van der Waals surface area contributed by atoms with E-state index in [1.807, 2.05) is 41.3 Å². The Kier molecular flexibility index (Phi) is 6.96. The summed E-state index contributed by atoms with van der Waals surface area (Å²) >= 11 is 1.48. The van der Waals surface area contributed by atoms with E-state index in [9.17, 15) is 4.79 Å². The molecule has 6 nitrogen and oxygen atoms in total. The number of carbonyl (C=O) groups is 1. The molecule has 2 atom stereocenters. The maximum Gasteiger partial charge on any atom is 0.237 e. The number of rotatable bonds is 8. The summed E-state index contributed by atoms with van der Waals surface area (Å²) in [5, 5.41) is 9.85. The number of carbonyl (C=O) groups excluding carboxylic acids is 1. The molecule has 0 aliphatic carbocycles. The van der Waals surface area contributed by atoms with Gasteiger partial charge in [0.05, 0.1) is 18.3 Å². The Morgan fingerprint density at radius 3 is 2.56 bits per heavy atom. The van der Waals surface area contributed by atoms with E-state index in [1.54, 1.807) is 0 Å². The van der Waals surface area contributed by atoms with Crippen LogP contribution in [0.25, 0.3) is 0 Å². The van der Waals surface area contributed by atoms with Crippen molar-refractivity contribution in [3.8, 4) is 0 Å². The van der Waals surface area contributed by atoms with Gasteiger partial charge < -0.3 is 9.47 Å². The van der Waals surface area contributed by atoms with Crippen molar-refractivity contribution in [2.24, 2.45) is 0 Å². The molecule has 0 N–H and O–H groups in total. The second-order valence-corrected chi connectivity index (χ2v) is 9.48. The van der Waals surface area contributed by atoms with E-state index in [0.29, 0.717) is 12.3 Å². The van der Waals surface area contributed by atoms with Gasteiger partial charge in [0.25, 0.3) is 0 Å². The summed E-state index contributed by atoms with van der Waals surface area (Å²) in [6.45, 7) is 4.96. The van der Waals surface area contributed by atoms with Crippen molar-refractivity contribution in [2.75, 3.05) is 24.7 Å². The topological polar surface area (TPSA) is 54.3 Å². The Bertz CT molecular complexity index is 1070. The highest BCUT2D eigenvalue weighted by atomic mass is 32.2. The van der Waals surface area contributed by atoms with Crippen molar-refractivity contribution in [3.63, 3.8) is 0 Å². The molecule has 32 heavy (non-hydrogen) atoms. The standard InChI is InChI=1S/C25H31N5OS/c1-5-21(28(3)4)24-26-27-25(29(24)16-19-11-7-6-8-12-19)32-17-23(31)30-18(2)15-20-13-9-10-14-22(20)30/h6-14,18,21H,5,15-17H2,1-4H3/t18-,21-/m1/s1. The molecule has 0 radical (unpaired) electrons. The molecule has 2 heterocycles. The lowest BCUT2D eigenvalue weighted by Crippen LogP contribution is -2.37. The van der Waals surface area contributed by atoms with Crippen LogP contribution < -0.4 is 4.90 Å². The van der Waals surface area contributed by atoms with Gasteiger partial charge in [-0.3, -0.25) is 9.69 Å². The van der Waals surface area contributed by atoms with Crippen LogP contribution in [0.4, 0.5) is 5.69 Å². The van der Waals surface area contributed by atoms with Crippen molar-refractivity contribution in [3.05, 3.63) is 71.5 Å². The Balaban J connectivity index is 1.57. The summed E-state index contributed by atoms with van der Waals surface area (Å²) in [6, 6.07) is 18.9. The van der Waals surface area contributed by atoms with Gasteiger partial charge in [-0.15, -0.1) is 10.2 Å². The molecule has 0 saturated heterocycles. The predicted molar refractivity (Wildman–Crippen MR) is 130 cm³/mol. The number of para-hydroxylation sites is 1. The van der Waals surface area contributed by atoms with E-state index >= 15 is 0 Å². The molecule has 0 saturated carbocycles. The zero-order valence-corrected chi connectivity index (χ0v) is 20.0. The van der Waals surface area contributed by atoms with Crippen molar-refractivity contribution < 1.29 is 4.79 Å². The molecule has 0 bridgehead atoms. The third-order valence-electron chi connectivity index (χ3n) is 6.04. The molecular formula is C25H31N5OS. The van der Waals surface area contributed by atoms with Crippen LogP contribution in [0.15, 0.2) is 59.8 Å². The molecule has 0 fully saturated rings. The molecule has 1 aliphatic heterocycles. The van der Waals surface area contributed by atoms with Gasteiger partial charge in [0, 0.05) is 11.7 Å². The van der Waals surface area contributed by atoms with Crippen molar-refractivity contribution in [2.45, 2.75) is 50.5 Å². The first kappa shape index (κ1) is 22.6. The normalized spacial score (nSPS) is 16.4. The Morgan fingerprint density at radius 1 is 1.12 bits per heavy atom. The minimum absolute atomic E-state index is 0.114. The fraction of sp³-hybridized carbons (Fsp3) is 0.400. The second-order valence-electron chi connectivity index (χ2n) is 8.53. The number of hydrogen-bond acceptors (Lipinski definition) is 5. The fourth-order valence-corrected chi connectivity index (χ4v) is 5.29. The SMILES string of the molecule is CC[C@H](c1nnc(SCC(=O)N2c3ccccc3C[C@H]2C)n1Cc1ccccc1)N(C)C. The maximum atomic E-state index is 13.2. The van der Waals surface area contributed by atoms with Crippen LogP contribution in [0.1, 0.15) is 43.3 Å². The van der Waals surface area contributed by atoms with Crippen LogP contribution in [0.5, 0.6) is 0 Å². The quantitative estimate of drug-likeness (QED) is 0.477. The van der Waals surface area contributed by atoms with E-state index in [1.165, 1.54) is 22.9 Å². The van der Waals surface area contributed by atoms with Crippen molar-refractivity contribution in [1.82, 2.24) is 19.7 Å². The Hall–Kier alpha value is -2.64. The number of anilines is 1. The van der Waals surface area contributed by atoms with E-state index in [4.69, 9.17) is 0 Å². The lowest BCUT2D eigenvalue weighted by Gasteiger charge is -2.24. The monoisotopic (exact) mass is 449 g/mol. The molecule has 1 amide bonds. The number of aromatic nitrogens is 3. The van der Waals surface area contributed by atoms with Gasteiger partial charge >= 0.3 is 0 Å². The molecule has 1 aliphatic rings. The van der Waals surface area contributed by atoms with Gasteiger partial charge in [-0.1, -0.05) is 67.2 Å². The fourth-order valence-electron chi connectivity index (χ4n) is 4.49. The van der Waals surface area contributed by atoms with Gasteiger partial charge in [0.1, 0.15) is 0 Å². The van der Waals surface area contributed by atoms with Gasteiger partial charge in [-0.2, -0.15) is 0 Å². The highest BCUT2D eigenvalue weighted by Gasteiger charge is 2.31. The van der Waals surface area contributed by atoms with Crippen LogP contribution in [-0.4, -0.2) is 51.5 Å². The minimum atomic E-state index is 0.114. The molecule has 4 rings (SSSR count). The summed E-state index contributed by atoms with van der Waals surface area (Å²) in [6.07, 6.45) is 1.84. The predicted octanol–water partition coefficient (Wildman–Crippen LogP) is 4.41. The Morgan fingerprint density at radius 2 is 1.84 bits per heavy atom. The van der Waals surface area contributed by atoms with E-state index in [0.717, 1.165) is 29.5 Å². The number of amides is 1. The average molecular weight is 450 g/mol. The van der Waals surface area contributed by atoms with Crippen molar-refractivity contribution >= 4 is 23.4 Å². The van der Waals surface area contributed by atoms with Crippen LogP contribution >= 0.6 is 11.8 Å². The summed E-state index contributed by atoms with van der Waals surface area (Å²) < 4.78 is 2.17. The summed E-state index contributed by atoms with van der Waals surface area (Å²) in [5.74, 6) is 1.39. The van der Waals surface area contributed by atoms with Crippen LogP contribution in [0.2, 0.25) is 0 Å². The van der Waals surface area contributed by atoms with Crippen molar-refractivity contribution in [1.29, 1.82) is 0 Å². The smallest absolute Gasteiger partial charge is 0.237 e. The Labute approximate surface area is 194 Å². The average Bonchev–Trinajstić information content (AvgIpc) is 3.33. The van der Waals surface area contributed by atoms with Gasteiger partial charge in [0.2, 0.25) is 5.91 Å². The number of nitrogens with zero attached hydrogens (tertiary/aromatic N) is 5. The molecule has 168 valence electrons. The highest BCUT2D eigenvalue weighted by Crippen LogP contribution is 2.33. The first-order valence-electron chi connectivity index (χ1n) is 11.2. The third kappa shape index (κ3) is 4.59. The summed E-state index contributed by atoms with van der Waals surface area (Å²) in [5.41, 5.74) is 3.47. The first-order chi connectivity index (χ1) is 15.5. The van der Waals surface area contributed by atoms with Crippen LogP contribution in [0, 0.1) is 0 Å². The summed E-state index contributed by atoms with van der Waals surface area (Å²) in [7, 11) is 4.14. The van der Waals surface area contributed by atoms with E-state index in [2.05, 4.69) is 65.8 Å². The van der Waals surface area contributed by atoms with E-state index in [-0.39, 0.29) is 18.0 Å². The lowest BCUT2D eigenvalue weighted by atomic mass is 10.1. The second kappa shape index (κ2) is 9.88. The molecule has 1 aromatic heterocycles. The number of thioether (sulfide) groups is 1. The van der Waals surface area contributed by atoms with E-state index < -0.39 is 0 Å². The molecule has 0 unspecified atom stereocenters. The molecular weight excluding hydrogens is 418 g/mol. The van der Waals surface area contributed by atoms with Crippen LogP contribution in [0.3, 0.4) is 0 Å². The third-order valence-corrected chi connectivity index (χ3v) is 6.99. The number of fused-ring (bicyclic) bond motifs is 1. The minimum Gasteiger partial charge on any atom is -0.308 e.